The predicted molar refractivity (Wildman–Crippen MR) is 111 cm³/mol. The lowest BCUT2D eigenvalue weighted by molar-refractivity contribution is -0.136. The van der Waals surface area contributed by atoms with Crippen LogP contribution in [0.5, 0.6) is 0 Å². The molecule has 0 spiro atoms. The molecule has 0 radical (unpaired) electrons. The molecule has 2 fully saturated rings. The lowest BCUT2D eigenvalue weighted by Crippen LogP contribution is -2.54. The number of hydrogen-bond donors (Lipinski definition) is 3. The first-order valence-corrected chi connectivity index (χ1v) is 10.6. The van der Waals surface area contributed by atoms with Crippen LogP contribution in [0.3, 0.4) is 0 Å². The number of imide groups is 2. The summed E-state index contributed by atoms with van der Waals surface area (Å²) in [6, 6.07) is 4.20. The smallest absolute Gasteiger partial charge is 0.262 e. The van der Waals surface area contributed by atoms with E-state index in [-0.39, 0.29) is 24.2 Å². The van der Waals surface area contributed by atoms with Gasteiger partial charge in [0.05, 0.1) is 11.1 Å². The highest BCUT2D eigenvalue weighted by molar-refractivity contribution is 6.23. The SMILES string of the molecule is CC(C)(CNc1ccc2c(c1)C(=O)N(C1CCC(=O)NC1=O)C2=O)C1CCNCC1. The second kappa shape index (κ2) is 7.83. The number of nitrogens with zero attached hydrogens (tertiary/aromatic N) is 1. The molecule has 0 saturated carbocycles. The fourth-order valence-electron chi connectivity index (χ4n) is 4.66. The van der Waals surface area contributed by atoms with Crippen molar-refractivity contribution in [1.82, 2.24) is 15.5 Å². The molecule has 3 aliphatic rings. The third kappa shape index (κ3) is 3.71. The van der Waals surface area contributed by atoms with E-state index in [9.17, 15) is 19.2 Å². The molecule has 1 atom stereocenters. The number of carbonyl (C=O) groups is 4. The van der Waals surface area contributed by atoms with E-state index in [4.69, 9.17) is 0 Å². The van der Waals surface area contributed by atoms with Crippen LogP contribution >= 0.6 is 0 Å². The second-order valence-corrected chi connectivity index (χ2v) is 9.07. The van der Waals surface area contributed by atoms with Crippen molar-refractivity contribution in [2.75, 3.05) is 25.0 Å². The summed E-state index contributed by atoms with van der Waals surface area (Å²) in [5.74, 6) is -1.32. The number of amides is 4. The van der Waals surface area contributed by atoms with Crippen LogP contribution in [-0.2, 0) is 9.59 Å². The van der Waals surface area contributed by atoms with Gasteiger partial charge in [0.1, 0.15) is 6.04 Å². The Morgan fingerprint density at radius 2 is 1.73 bits per heavy atom. The lowest BCUT2D eigenvalue weighted by atomic mass is 9.74. The molecule has 1 unspecified atom stereocenters. The van der Waals surface area contributed by atoms with Gasteiger partial charge in [-0.05, 0) is 61.9 Å². The number of carbonyl (C=O) groups excluding carboxylic acids is 4. The number of anilines is 1. The first kappa shape index (κ1) is 20.5. The Balaban J connectivity index is 1.48. The highest BCUT2D eigenvalue weighted by Gasteiger charge is 2.44. The summed E-state index contributed by atoms with van der Waals surface area (Å²) >= 11 is 0. The minimum atomic E-state index is -0.939. The Bertz CT molecular complexity index is 904. The van der Waals surface area contributed by atoms with Gasteiger partial charge in [0.2, 0.25) is 11.8 Å². The van der Waals surface area contributed by atoms with Crippen LogP contribution in [0.2, 0.25) is 0 Å². The summed E-state index contributed by atoms with van der Waals surface area (Å²) in [7, 11) is 0. The van der Waals surface area contributed by atoms with Crippen LogP contribution in [-0.4, -0.2) is 54.2 Å². The summed E-state index contributed by atoms with van der Waals surface area (Å²) < 4.78 is 0. The van der Waals surface area contributed by atoms with E-state index in [1.165, 1.54) is 0 Å². The Morgan fingerprint density at radius 1 is 1.03 bits per heavy atom. The maximum atomic E-state index is 12.9. The summed E-state index contributed by atoms with van der Waals surface area (Å²) in [4.78, 5) is 50.3. The molecule has 160 valence electrons. The summed E-state index contributed by atoms with van der Waals surface area (Å²) in [6.07, 6.45) is 2.56. The van der Waals surface area contributed by atoms with Gasteiger partial charge in [0.25, 0.3) is 11.8 Å². The lowest BCUT2D eigenvalue weighted by Gasteiger charge is -2.37. The highest BCUT2D eigenvalue weighted by atomic mass is 16.2. The van der Waals surface area contributed by atoms with E-state index in [0.717, 1.165) is 43.1 Å². The zero-order valence-electron chi connectivity index (χ0n) is 17.4. The molecular weight excluding hydrogens is 384 g/mol. The standard InChI is InChI=1S/C22H28N4O4/c1-22(2,13-7-9-23-10-8-13)12-24-14-3-4-15-16(11-14)21(30)26(20(15)29)17-5-6-18(27)25-19(17)28/h3-4,11,13,17,23-24H,5-10,12H2,1-2H3,(H,25,27,28). The minimum Gasteiger partial charge on any atom is -0.384 e. The van der Waals surface area contributed by atoms with Crippen molar-refractivity contribution in [3.8, 4) is 0 Å². The average molecular weight is 412 g/mol. The Morgan fingerprint density at radius 3 is 2.43 bits per heavy atom. The molecule has 8 nitrogen and oxygen atoms in total. The number of hydrogen-bond acceptors (Lipinski definition) is 6. The molecule has 4 amide bonds. The Labute approximate surface area is 175 Å². The van der Waals surface area contributed by atoms with E-state index in [2.05, 4.69) is 29.8 Å². The fourth-order valence-corrected chi connectivity index (χ4v) is 4.66. The van der Waals surface area contributed by atoms with Crippen molar-refractivity contribution in [1.29, 1.82) is 0 Å². The van der Waals surface area contributed by atoms with Crippen molar-refractivity contribution in [2.24, 2.45) is 11.3 Å². The van der Waals surface area contributed by atoms with Crippen molar-refractivity contribution in [3.05, 3.63) is 29.3 Å². The van der Waals surface area contributed by atoms with Crippen LogP contribution in [0.4, 0.5) is 5.69 Å². The quantitative estimate of drug-likeness (QED) is 0.633. The van der Waals surface area contributed by atoms with E-state index < -0.39 is 23.8 Å². The van der Waals surface area contributed by atoms with Gasteiger partial charge in [-0.25, -0.2) is 0 Å². The molecular formula is C22H28N4O4. The molecule has 0 aliphatic carbocycles. The molecule has 0 bridgehead atoms. The minimum absolute atomic E-state index is 0.0969. The Hall–Kier alpha value is -2.74. The second-order valence-electron chi connectivity index (χ2n) is 9.07. The number of rotatable bonds is 5. The van der Waals surface area contributed by atoms with Gasteiger partial charge in [-0.3, -0.25) is 29.4 Å². The predicted octanol–water partition coefficient (Wildman–Crippen LogP) is 1.53. The van der Waals surface area contributed by atoms with Crippen LogP contribution in [0.15, 0.2) is 18.2 Å². The fraction of sp³-hybridized carbons (Fsp3) is 0.545. The monoisotopic (exact) mass is 412 g/mol. The zero-order chi connectivity index (χ0) is 21.5. The van der Waals surface area contributed by atoms with Crippen molar-refractivity contribution in [3.63, 3.8) is 0 Å². The molecule has 0 aromatic heterocycles. The number of benzene rings is 1. The van der Waals surface area contributed by atoms with Crippen LogP contribution < -0.4 is 16.0 Å². The van der Waals surface area contributed by atoms with Gasteiger partial charge in [0.15, 0.2) is 0 Å². The van der Waals surface area contributed by atoms with Gasteiger partial charge in [-0.15, -0.1) is 0 Å². The molecule has 8 heteroatoms. The number of nitrogens with one attached hydrogen (secondary N) is 3. The van der Waals surface area contributed by atoms with E-state index >= 15 is 0 Å². The van der Waals surface area contributed by atoms with E-state index in [1.54, 1.807) is 18.2 Å². The van der Waals surface area contributed by atoms with Crippen molar-refractivity contribution in [2.45, 2.75) is 45.6 Å². The zero-order valence-corrected chi connectivity index (χ0v) is 17.4. The molecule has 1 aromatic carbocycles. The van der Waals surface area contributed by atoms with Gasteiger partial charge in [0, 0.05) is 18.7 Å². The molecule has 4 rings (SSSR count). The average Bonchev–Trinajstić information content (AvgIpc) is 2.97. The molecule has 2 saturated heterocycles. The molecule has 3 heterocycles. The first-order valence-electron chi connectivity index (χ1n) is 10.6. The van der Waals surface area contributed by atoms with Gasteiger partial charge >= 0.3 is 0 Å². The summed E-state index contributed by atoms with van der Waals surface area (Å²) in [6.45, 7) is 7.35. The maximum Gasteiger partial charge on any atom is 0.262 e. The number of fused-ring (bicyclic) bond motifs is 1. The van der Waals surface area contributed by atoms with Gasteiger partial charge in [-0.2, -0.15) is 0 Å². The topological polar surface area (TPSA) is 108 Å². The third-order valence-corrected chi connectivity index (χ3v) is 6.63. The first-order chi connectivity index (χ1) is 14.3. The van der Waals surface area contributed by atoms with Crippen LogP contribution in [0.25, 0.3) is 0 Å². The van der Waals surface area contributed by atoms with Gasteiger partial charge < -0.3 is 10.6 Å². The van der Waals surface area contributed by atoms with E-state index in [1.807, 2.05) is 0 Å². The number of piperidine rings is 2. The molecule has 3 aliphatic heterocycles. The van der Waals surface area contributed by atoms with Crippen molar-refractivity contribution < 1.29 is 19.2 Å². The normalized spacial score (nSPS) is 22.9. The van der Waals surface area contributed by atoms with Crippen LogP contribution in [0, 0.1) is 11.3 Å². The third-order valence-electron chi connectivity index (χ3n) is 6.63. The summed E-state index contributed by atoms with van der Waals surface area (Å²) in [5, 5.41) is 9.04. The Kier molecular flexibility index (Phi) is 5.36. The maximum absolute atomic E-state index is 12.9. The molecule has 30 heavy (non-hydrogen) atoms. The summed E-state index contributed by atoms with van der Waals surface area (Å²) in [5.41, 5.74) is 1.48. The molecule has 3 N–H and O–H groups in total. The van der Waals surface area contributed by atoms with Gasteiger partial charge in [-0.1, -0.05) is 13.8 Å². The highest BCUT2D eigenvalue weighted by Crippen LogP contribution is 2.34. The van der Waals surface area contributed by atoms with E-state index in [0.29, 0.717) is 17.0 Å². The van der Waals surface area contributed by atoms with Crippen molar-refractivity contribution >= 4 is 29.3 Å². The van der Waals surface area contributed by atoms with Crippen LogP contribution in [0.1, 0.15) is 60.2 Å². The largest absolute Gasteiger partial charge is 0.384 e. The molecule has 1 aromatic rings.